The summed E-state index contributed by atoms with van der Waals surface area (Å²) in [5, 5.41) is 15.4. The number of hydrogen-bond donors (Lipinski definition) is 1. The van der Waals surface area contributed by atoms with E-state index in [1.165, 1.54) is 6.07 Å². The maximum absolute atomic E-state index is 12.1. The molecule has 0 bridgehead atoms. The number of benzene rings is 2. The fraction of sp³-hybridized carbons (Fsp3) is 0.174. The Morgan fingerprint density at radius 1 is 1.11 bits per heavy atom. The summed E-state index contributed by atoms with van der Waals surface area (Å²) in [6, 6.07) is 16.9. The fourth-order valence-electron chi connectivity index (χ4n) is 3.31. The third kappa shape index (κ3) is 6.19. The molecule has 1 N–H and O–H groups in total. The number of carbonyl (C=O) groups is 1. The number of hydrogen-bond acceptors (Lipinski definition) is 9. The van der Waals surface area contributed by atoms with Crippen LogP contribution in [0.1, 0.15) is 16.1 Å². The van der Waals surface area contributed by atoms with Crippen molar-refractivity contribution in [1.29, 1.82) is 0 Å². The van der Waals surface area contributed by atoms with Gasteiger partial charge in [0, 0.05) is 0 Å². The van der Waals surface area contributed by atoms with Crippen LogP contribution in [0.4, 0.5) is 11.4 Å². The predicted octanol–water partition coefficient (Wildman–Crippen LogP) is 3.98. The molecule has 2 aromatic heterocycles. The number of para-hydroxylation sites is 1. The van der Waals surface area contributed by atoms with E-state index < -0.39 is 5.97 Å². The van der Waals surface area contributed by atoms with Gasteiger partial charge in [-0.2, -0.15) is 0 Å². The van der Waals surface area contributed by atoms with Gasteiger partial charge in [0.1, 0.15) is 0 Å². The normalized spacial score (nSPS) is 10.7. The Morgan fingerprint density at radius 3 is 2.71 bits per heavy atom. The average molecular weight is 545 g/mol. The van der Waals surface area contributed by atoms with E-state index in [0.29, 0.717) is 66.9 Å². The van der Waals surface area contributed by atoms with Gasteiger partial charge in [-0.3, -0.25) is 0 Å². The van der Waals surface area contributed by atoms with E-state index in [9.17, 15) is 4.79 Å². The summed E-state index contributed by atoms with van der Waals surface area (Å²) in [4.78, 5) is 16.6. The number of carbonyl (C=O) groups excluding carboxylic acids is 1. The van der Waals surface area contributed by atoms with Crippen LogP contribution in [0.3, 0.4) is 0 Å². The SMILES string of the molecule is COc1c(Nc2cc(Cl)nnc2C(=O)[O][Zn])cccc1-c1ncn(CCOCc2ccccc2)n1. The van der Waals surface area contributed by atoms with Crippen molar-refractivity contribution in [3.05, 3.63) is 77.3 Å². The zero-order chi connectivity index (χ0) is 24.6. The van der Waals surface area contributed by atoms with Crippen LogP contribution in [-0.2, 0) is 40.1 Å². The van der Waals surface area contributed by atoms with Gasteiger partial charge in [0.2, 0.25) is 0 Å². The van der Waals surface area contributed by atoms with Gasteiger partial charge >= 0.3 is 163 Å². The van der Waals surface area contributed by atoms with Crippen molar-refractivity contribution in [2.24, 2.45) is 0 Å². The van der Waals surface area contributed by atoms with Gasteiger partial charge in [0.25, 0.3) is 0 Å². The van der Waals surface area contributed by atoms with Crippen molar-refractivity contribution in [2.45, 2.75) is 13.2 Å². The second kappa shape index (κ2) is 11.8. The second-order valence-electron chi connectivity index (χ2n) is 7.24. The standard InChI is InChI=1S/C23H21ClN6O4.Zn/c1-33-21-16(8-5-9-17(21)26-18-12-19(24)27-28-20(18)23(31)32)22-25-14-30(29-22)10-11-34-13-15-6-3-2-4-7-15;/h2-9,12,14H,10-11,13H2,1H3,(H,26,27)(H,31,32);/q;+1/p-1. The van der Waals surface area contributed by atoms with Crippen molar-refractivity contribution in [1.82, 2.24) is 25.0 Å². The van der Waals surface area contributed by atoms with Gasteiger partial charge < -0.3 is 4.74 Å². The molecule has 2 heterocycles. The molecule has 0 saturated heterocycles. The Labute approximate surface area is 216 Å². The third-order valence-corrected chi connectivity index (χ3v) is 5.67. The molecule has 0 amide bonds. The summed E-state index contributed by atoms with van der Waals surface area (Å²) in [7, 11) is 1.54. The first-order valence-electron chi connectivity index (χ1n) is 10.5. The zero-order valence-electron chi connectivity index (χ0n) is 18.8. The molecule has 2 aromatic carbocycles. The molecule has 10 nitrogen and oxygen atoms in total. The Hall–Kier alpha value is -3.40. The quantitative estimate of drug-likeness (QED) is 0.234. The Morgan fingerprint density at radius 2 is 1.94 bits per heavy atom. The number of anilines is 2. The number of aromatic nitrogens is 5. The van der Waals surface area contributed by atoms with E-state index in [0.717, 1.165) is 5.56 Å². The van der Waals surface area contributed by atoms with E-state index in [-0.39, 0.29) is 10.8 Å². The van der Waals surface area contributed by atoms with Gasteiger partial charge in [-0.15, -0.1) is 0 Å². The number of methoxy groups -OCH3 is 1. The van der Waals surface area contributed by atoms with Gasteiger partial charge in [0.15, 0.2) is 0 Å². The summed E-state index contributed by atoms with van der Waals surface area (Å²) in [6.45, 7) is 1.57. The van der Waals surface area contributed by atoms with E-state index in [1.807, 2.05) is 42.5 Å². The first-order valence-corrected chi connectivity index (χ1v) is 12.1. The van der Waals surface area contributed by atoms with Crippen LogP contribution in [0.5, 0.6) is 5.75 Å². The fourth-order valence-corrected chi connectivity index (χ4v) is 3.74. The monoisotopic (exact) mass is 543 g/mol. The van der Waals surface area contributed by atoms with E-state index in [2.05, 4.69) is 25.6 Å². The molecule has 0 aliphatic heterocycles. The molecule has 0 spiro atoms. The second-order valence-corrected chi connectivity index (χ2v) is 8.23. The van der Waals surface area contributed by atoms with Crippen LogP contribution >= 0.6 is 11.6 Å². The van der Waals surface area contributed by atoms with Gasteiger partial charge in [-0.1, -0.05) is 30.3 Å². The minimum absolute atomic E-state index is 0.0195. The van der Waals surface area contributed by atoms with Crippen molar-refractivity contribution >= 4 is 28.9 Å². The van der Waals surface area contributed by atoms with Crippen LogP contribution in [0.2, 0.25) is 5.15 Å². The number of rotatable bonds is 10. The van der Waals surface area contributed by atoms with E-state index in [1.54, 1.807) is 24.2 Å². The molecule has 4 rings (SSSR count). The summed E-state index contributed by atoms with van der Waals surface area (Å²) >= 11 is 6.33. The van der Waals surface area contributed by atoms with Crippen molar-refractivity contribution in [2.75, 3.05) is 19.0 Å². The molecule has 0 radical (unpaired) electrons. The average Bonchev–Trinajstić information content (AvgIpc) is 3.35. The first-order chi connectivity index (χ1) is 17.1. The Balaban J connectivity index is 1.50. The van der Waals surface area contributed by atoms with Crippen LogP contribution in [0.15, 0.2) is 60.9 Å². The van der Waals surface area contributed by atoms with E-state index >= 15 is 0 Å². The Bertz CT molecular complexity index is 1300. The summed E-state index contributed by atoms with van der Waals surface area (Å²) in [5.41, 5.74) is 2.71. The zero-order valence-corrected chi connectivity index (χ0v) is 22.6. The molecule has 0 aliphatic rings. The molecule has 0 aliphatic carbocycles. The number of nitrogens with one attached hydrogen (secondary N) is 1. The topological polar surface area (TPSA) is 113 Å². The van der Waals surface area contributed by atoms with Crippen molar-refractivity contribution < 1.29 is 36.5 Å². The van der Waals surface area contributed by atoms with Gasteiger partial charge in [-0.05, 0) is 5.56 Å². The van der Waals surface area contributed by atoms with Crippen LogP contribution in [-0.4, -0.2) is 44.6 Å². The first kappa shape index (κ1) is 24.7. The molecule has 175 valence electrons. The van der Waals surface area contributed by atoms with Crippen LogP contribution < -0.4 is 10.1 Å². The molecule has 0 unspecified atom stereocenters. The van der Waals surface area contributed by atoms with E-state index in [4.69, 9.17) is 24.6 Å². The number of nitrogens with zero attached hydrogens (tertiary/aromatic N) is 5. The summed E-state index contributed by atoms with van der Waals surface area (Å²) in [5.74, 6) is 0.377. The summed E-state index contributed by atoms with van der Waals surface area (Å²) < 4.78 is 18.0. The molecule has 0 fully saturated rings. The Kier molecular flexibility index (Phi) is 8.36. The van der Waals surface area contributed by atoms with Crippen molar-refractivity contribution in [3.63, 3.8) is 0 Å². The molecular formula is C23H20ClN6O4Zn. The molecule has 4 aromatic rings. The summed E-state index contributed by atoms with van der Waals surface area (Å²) in [6.07, 6.45) is 1.65. The number of halogens is 1. The van der Waals surface area contributed by atoms with Gasteiger partial charge in [0.05, 0.1) is 13.2 Å². The predicted molar refractivity (Wildman–Crippen MR) is 124 cm³/mol. The molecular weight excluding hydrogens is 525 g/mol. The third-order valence-electron chi connectivity index (χ3n) is 4.93. The van der Waals surface area contributed by atoms with Crippen molar-refractivity contribution in [3.8, 4) is 17.1 Å². The maximum atomic E-state index is 12.1. The van der Waals surface area contributed by atoms with Crippen LogP contribution in [0.25, 0.3) is 11.4 Å². The van der Waals surface area contributed by atoms with Crippen LogP contribution in [0, 0.1) is 0 Å². The molecule has 0 saturated carbocycles. The molecule has 35 heavy (non-hydrogen) atoms. The van der Waals surface area contributed by atoms with Gasteiger partial charge in [-0.25, -0.2) is 0 Å². The molecule has 12 heteroatoms. The molecule has 0 atom stereocenters. The minimum atomic E-state index is -0.596. The number of ether oxygens (including phenoxy) is 2.